The molecule has 0 amide bonds. The molecule has 0 radical (unpaired) electrons. The van der Waals surface area contributed by atoms with E-state index in [0.29, 0.717) is 5.56 Å². The molecule has 0 aromatic heterocycles. The van der Waals surface area contributed by atoms with Gasteiger partial charge in [-0.25, -0.2) is 4.39 Å². The van der Waals surface area contributed by atoms with Crippen molar-refractivity contribution in [3.63, 3.8) is 0 Å². The monoisotopic (exact) mass is 165 g/mol. The molecule has 0 aliphatic carbocycles. The molecular weight excluding hydrogens is 157 g/mol. The average Bonchev–Trinajstić information content (AvgIpc) is 2.07. The molecule has 1 aromatic carbocycles. The molecule has 62 valence electrons. The van der Waals surface area contributed by atoms with Crippen LogP contribution in [-0.2, 0) is 6.54 Å². The van der Waals surface area contributed by atoms with E-state index in [4.69, 9.17) is 5.53 Å². The summed E-state index contributed by atoms with van der Waals surface area (Å²) in [6, 6.07) is 4.65. The molecule has 0 saturated heterocycles. The zero-order valence-electron chi connectivity index (χ0n) is 6.66. The minimum absolute atomic E-state index is 0.236. The van der Waals surface area contributed by atoms with Crippen LogP contribution in [0.4, 0.5) is 4.39 Å². The van der Waals surface area contributed by atoms with Crippen molar-refractivity contribution >= 4 is 0 Å². The predicted molar refractivity (Wildman–Crippen MR) is 44.0 cm³/mol. The van der Waals surface area contributed by atoms with Gasteiger partial charge in [-0.05, 0) is 29.6 Å². The summed E-state index contributed by atoms with van der Waals surface area (Å²) in [6.07, 6.45) is 0. The van der Waals surface area contributed by atoms with Gasteiger partial charge in [-0.2, -0.15) is 0 Å². The number of rotatable bonds is 2. The van der Waals surface area contributed by atoms with Crippen LogP contribution in [0.2, 0.25) is 0 Å². The molecule has 0 saturated carbocycles. The molecular formula is C8H8FN3. The van der Waals surface area contributed by atoms with Crippen LogP contribution < -0.4 is 0 Å². The lowest BCUT2D eigenvalue weighted by atomic mass is 10.1. The van der Waals surface area contributed by atoms with Crippen molar-refractivity contribution in [2.75, 3.05) is 0 Å². The van der Waals surface area contributed by atoms with Crippen LogP contribution in [0.5, 0.6) is 0 Å². The molecule has 0 fully saturated rings. The fourth-order valence-electron chi connectivity index (χ4n) is 0.918. The van der Waals surface area contributed by atoms with Crippen LogP contribution in [0.1, 0.15) is 11.1 Å². The summed E-state index contributed by atoms with van der Waals surface area (Å²) in [4.78, 5) is 2.61. The Kier molecular flexibility index (Phi) is 2.66. The lowest BCUT2D eigenvalue weighted by Gasteiger charge is -1.98. The van der Waals surface area contributed by atoms with E-state index in [-0.39, 0.29) is 12.4 Å². The summed E-state index contributed by atoms with van der Waals surface area (Å²) in [6.45, 7) is 1.95. The third-order valence-corrected chi connectivity index (χ3v) is 1.54. The van der Waals surface area contributed by atoms with Crippen LogP contribution in [0.25, 0.3) is 10.4 Å². The first-order valence-electron chi connectivity index (χ1n) is 3.50. The van der Waals surface area contributed by atoms with E-state index in [1.54, 1.807) is 19.1 Å². The topological polar surface area (TPSA) is 48.8 Å². The Bertz CT molecular complexity index is 329. The summed E-state index contributed by atoms with van der Waals surface area (Å²) < 4.78 is 12.7. The van der Waals surface area contributed by atoms with Crippen molar-refractivity contribution in [2.24, 2.45) is 5.11 Å². The van der Waals surface area contributed by atoms with Gasteiger partial charge in [0.2, 0.25) is 0 Å². The molecule has 0 N–H and O–H groups in total. The summed E-state index contributed by atoms with van der Waals surface area (Å²) in [5, 5.41) is 3.37. The number of nitrogens with zero attached hydrogens (tertiary/aromatic N) is 3. The maximum Gasteiger partial charge on any atom is 0.126 e. The normalized spacial score (nSPS) is 9.17. The molecule has 0 atom stereocenters. The van der Waals surface area contributed by atoms with Crippen LogP contribution in [0.3, 0.4) is 0 Å². The van der Waals surface area contributed by atoms with Gasteiger partial charge in [-0.3, -0.25) is 0 Å². The van der Waals surface area contributed by atoms with Crippen LogP contribution in [-0.4, -0.2) is 0 Å². The fraction of sp³-hybridized carbons (Fsp3) is 0.250. The summed E-state index contributed by atoms with van der Waals surface area (Å²) in [5.74, 6) is -0.236. The minimum atomic E-state index is -0.236. The second-order valence-corrected chi connectivity index (χ2v) is 2.47. The molecule has 3 nitrogen and oxygen atoms in total. The number of hydrogen-bond acceptors (Lipinski definition) is 1. The number of aryl methyl sites for hydroxylation is 1. The molecule has 12 heavy (non-hydrogen) atoms. The minimum Gasteiger partial charge on any atom is -0.207 e. The number of azide groups is 1. The van der Waals surface area contributed by atoms with Crippen molar-refractivity contribution in [1.29, 1.82) is 0 Å². The summed E-state index contributed by atoms with van der Waals surface area (Å²) in [5.41, 5.74) is 9.43. The Morgan fingerprint density at radius 1 is 1.58 bits per heavy atom. The van der Waals surface area contributed by atoms with Gasteiger partial charge in [0, 0.05) is 4.91 Å². The lowest BCUT2D eigenvalue weighted by Crippen LogP contribution is -1.85. The molecule has 1 rings (SSSR count). The van der Waals surface area contributed by atoms with Gasteiger partial charge in [0.15, 0.2) is 0 Å². The highest BCUT2D eigenvalue weighted by molar-refractivity contribution is 5.23. The van der Waals surface area contributed by atoms with Gasteiger partial charge in [0.1, 0.15) is 5.82 Å². The van der Waals surface area contributed by atoms with Gasteiger partial charge in [-0.15, -0.1) is 0 Å². The third-order valence-electron chi connectivity index (χ3n) is 1.54. The maximum atomic E-state index is 12.7. The van der Waals surface area contributed by atoms with Gasteiger partial charge in [0.05, 0.1) is 6.54 Å². The lowest BCUT2D eigenvalue weighted by molar-refractivity contribution is 0.617. The van der Waals surface area contributed by atoms with Crippen molar-refractivity contribution in [3.05, 3.63) is 45.6 Å². The smallest absolute Gasteiger partial charge is 0.126 e. The predicted octanol–water partition coefficient (Wildman–Crippen LogP) is 2.94. The van der Waals surface area contributed by atoms with E-state index >= 15 is 0 Å². The highest BCUT2D eigenvalue weighted by atomic mass is 19.1. The first-order chi connectivity index (χ1) is 5.74. The number of hydrogen-bond donors (Lipinski definition) is 0. The van der Waals surface area contributed by atoms with Crippen molar-refractivity contribution in [1.82, 2.24) is 0 Å². The Hall–Kier alpha value is -1.54. The van der Waals surface area contributed by atoms with E-state index in [1.807, 2.05) is 0 Å². The third kappa shape index (κ3) is 1.97. The molecule has 0 aliphatic heterocycles. The van der Waals surface area contributed by atoms with Crippen molar-refractivity contribution in [2.45, 2.75) is 13.5 Å². The Morgan fingerprint density at radius 2 is 2.33 bits per heavy atom. The SMILES string of the molecule is Cc1cc(CN=[N+]=[N-])ccc1F. The molecule has 1 aromatic rings. The van der Waals surface area contributed by atoms with E-state index < -0.39 is 0 Å². The Balaban J connectivity index is 2.89. The maximum absolute atomic E-state index is 12.7. The zero-order chi connectivity index (χ0) is 8.97. The standard InChI is InChI=1S/C8H8FN3/c1-6-4-7(5-11-12-10)2-3-8(6)9/h2-4H,5H2,1H3. The first kappa shape index (κ1) is 8.56. The first-order valence-corrected chi connectivity index (χ1v) is 3.50. The molecule has 0 unspecified atom stereocenters. The van der Waals surface area contributed by atoms with Gasteiger partial charge in [-0.1, -0.05) is 17.2 Å². The molecule has 0 heterocycles. The van der Waals surface area contributed by atoms with E-state index in [9.17, 15) is 4.39 Å². The van der Waals surface area contributed by atoms with Crippen LogP contribution in [0.15, 0.2) is 23.3 Å². The second-order valence-electron chi connectivity index (χ2n) is 2.47. The highest BCUT2D eigenvalue weighted by Crippen LogP contribution is 2.09. The van der Waals surface area contributed by atoms with Crippen LogP contribution >= 0.6 is 0 Å². The van der Waals surface area contributed by atoms with Crippen molar-refractivity contribution < 1.29 is 4.39 Å². The van der Waals surface area contributed by atoms with Crippen LogP contribution in [0, 0.1) is 12.7 Å². The van der Waals surface area contributed by atoms with Gasteiger partial charge < -0.3 is 0 Å². The summed E-state index contributed by atoms with van der Waals surface area (Å²) >= 11 is 0. The molecule has 0 bridgehead atoms. The number of halogens is 1. The summed E-state index contributed by atoms with van der Waals surface area (Å²) in [7, 11) is 0. The van der Waals surface area contributed by atoms with E-state index in [0.717, 1.165) is 5.56 Å². The van der Waals surface area contributed by atoms with Crippen molar-refractivity contribution in [3.8, 4) is 0 Å². The zero-order valence-corrected chi connectivity index (χ0v) is 6.66. The quantitative estimate of drug-likeness (QED) is 0.367. The molecule has 0 aliphatic rings. The van der Waals surface area contributed by atoms with Gasteiger partial charge in [0.25, 0.3) is 0 Å². The highest BCUT2D eigenvalue weighted by Gasteiger charge is 1.96. The van der Waals surface area contributed by atoms with E-state index in [2.05, 4.69) is 10.0 Å². The average molecular weight is 165 g/mol. The largest absolute Gasteiger partial charge is 0.207 e. The second kappa shape index (κ2) is 3.74. The molecule has 4 heteroatoms. The Morgan fingerprint density at radius 3 is 2.92 bits per heavy atom. The molecule has 0 spiro atoms. The Labute approximate surface area is 69.5 Å². The fourth-order valence-corrected chi connectivity index (χ4v) is 0.918. The van der Waals surface area contributed by atoms with Gasteiger partial charge >= 0.3 is 0 Å². The van der Waals surface area contributed by atoms with E-state index in [1.165, 1.54) is 6.07 Å². The number of benzene rings is 1.